The number of carbonyl (C=O) groups excluding carboxylic acids is 2. The van der Waals surface area contributed by atoms with Crippen molar-refractivity contribution in [2.24, 2.45) is 5.92 Å². The molecule has 25 heavy (non-hydrogen) atoms. The standard InChI is InChI=1S/C19H29N3O3/c1-19(2,3)21-17(24)13-22-9-7-14(8-10-22)12-20-18(25)15-5-4-6-16(23)11-15/h4-6,11,14,23H,7-10,12-13H2,1-3H3,(H,20,25)(H,21,24). The van der Waals surface area contributed by atoms with Gasteiger partial charge in [0.05, 0.1) is 6.54 Å². The Hall–Kier alpha value is -2.08. The van der Waals surface area contributed by atoms with Crippen LogP contribution in [0.1, 0.15) is 44.0 Å². The summed E-state index contributed by atoms with van der Waals surface area (Å²) in [6.45, 7) is 8.72. The Morgan fingerprint density at radius 1 is 1.24 bits per heavy atom. The van der Waals surface area contributed by atoms with Crippen LogP contribution >= 0.6 is 0 Å². The van der Waals surface area contributed by atoms with Crippen molar-refractivity contribution in [1.29, 1.82) is 0 Å². The summed E-state index contributed by atoms with van der Waals surface area (Å²) in [4.78, 5) is 26.2. The topological polar surface area (TPSA) is 81.7 Å². The van der Waals surface area contributed by atoms with Gasteiger partial charge < -0.3 is 15.7 Å². The molecule has 0 spiro atoms. The summed E-state index contributed by atoms with van der Waals surface area (Å²) in [7, 11) is 0. The zero-order valence-electron chi connectivity index (χ0n) is 15.3. The maximum Gasteiger partial charge on any atom is 0.251 e. The van der Waals surface area contributed by atoms with Crippen LogP contribution in [0, 0.1) is 5.92 Å². The lowest BCUT2D eigenvalue weighted by Crippen LogP contribution is -2.48. The van der Waals surface area contributed by atoms with E-state index in [-0.39, 0.29) is 23.1 Å². The minimum atomic E-state index is -0.203. The van der Waals surface area contributed by atoms with Crippen LogP contribution in [0.15, 0.2) is 24.3 Å². The third-order valence-electron chi connectivity index (χ3n) is 4.25. The zero-order chi connectivity index (χ0) is 18.4. The lowest BCUT2D eigenvalue weighted by Gasteiger charge is -2.32. The summed E-state index contributed by atoms with van der Waals surface area (Å²) >= 11 is 0. The van der Waals surface area contributed by atoms with Crippen molar-refractivity contribution in [2.45, 2.75) is 39.2 Å². The quantitative estimate of drug-likeness (QED) is 0.758. The predicted molar refractivity (Wildman–Crippen MR) is 97.5 cm³/mol. The number of nitrogens with zero attached hydrogens (tertiary/aromatic N) is 1. The first kappa shape index (κ1) is 19.2. The van der Waals surface area contributed by atoms with E-state index in [1.165, 1.54) is 6.07 Å². The highest BCUT2D eigenvalue weighted by molar-refractivity contribution is 5.94. The average Bonchev–Trinajstić information content (AvgIpc) is 2.52. The van der Waals surface area contributed by atoms with Crippen molar-refractivity contribution >= 4 is 11.8 Å². The Balaban J connectivity index is 1.70. The van der Waals surface area contributed by atoms with E-state index >= 15 is 0 Å². The van der Waals surface area contributed by atoms with Gasteiger partial charge in [-0.1, -0.05) is 6.07 Å². The molecular weight excluding hydrogens is 318 g/mol. The molecule has 0 aliphatic carbocycles. The predicted octanol–water partition coefficient (Wildman–Crippen LogP) is 1.75. The average molecular weight is 347 g/mol. The third-order valence-corrected chi connectivity index (χ3v) is 4.25. The SMILES string of the molecule is CC(C)(C)NC(=O)CN1CCC(CNC(=O)c2cccc(O)c2)CC1. The number of likely N-dealkylation sites (tertiary alicyclic amines) is 1. The van der Waals surface area contributed by atoms with E-state index < -0.39 is 0 Å². The lowest BCUT2D eigenvalue weighted by atomic mass is 9.96. The van der Waals surface area contributed by atoms with Gasteiger partial charge in [0.2, 0.25) is 5.91 Å². The molecule has 1 fully saturated rings. The first-order valence-electron chi connectivity index (χ1n) is 8.83. The molecule has 3 N–H and O–H groups in total. The second-order valence-corrected chi connectivity index (χ2v) is 7.78. The van der Waals surface area contributed by atoms with Gasteiger partial charge in [0.1, 0.15) is 5.75 Å². The van der Waals surface area contributed by atoms with Crippen molar-refractivity contribution in [3.63, 3.8) is 0 Å². The third kappa shape index (κ3) is 6.74. The largest absolute Gasteiger partial charge is 0.508 e. The normalized spacial score (nSPS) is 16.4. The molecule has 138 valence electrons. The van der Waals surface area contributed by atoms with Crippen LogP contribution < -0.4 is 10.6 Å². The molecule has 1 aromatic rings. The summed E-state index contributed by atoms with van der Waals surface area (Å²) in [6, 6.07) is 6.35. The van der Waals surface area contributed by atoms with Gasteiger partial charge in [-0.05, 0) is 70.8 Å². The molecule has 2 rings (SSSR count). The number of hydrogen-bond acceptors (Lipinski definition) is 4. The summed E-state index contributed by atoms with van der Waals surface area (Å²) in [5.74, 6) is 0.406. The number of amides is 2. The molecule has 1 saturated heterocycles. The summed E-state index contributed by atoms with van der Waals surface area (Å²) < 4.78 is 0. The molecule has 2 amide bonds. The Labute approximate surface area is 149 Å². The summed E-state index contributed by atoms with van der Waals surface area (Å²) in [5.41, 5.74) is 0.266. The van der Waals surface area contributed by atoms with E-state index in [1.807, 2.05) is 20.8 Å². The molecule has 0 atom stereocenters. The number of carbonyl (C=O) groups is 2. The van der Waals surface area contributed by atoms with Crippen molar-refractivity contribution in [1.82, 2.24) is 15.5 Å². The van der Waals surface area contributed by atoms with Crippen molar-refractivity contribution < 1.29 is 14.7 Å². The van der Waals surface area contributed by atoms with Gasteiger partial charge >= 0.3 is 0 Å². The molecule has 0 unspecified atom stereocenters. The van der Waals surface area contributed by atoms with E-state index in [0.29, 0.717) is 24.6 Å². The van der Waals surface area contributed by atoms with Crippen LogP contribution in [0.3, 0.4) is 0 Å². The molecule has 6 nitrogen and oxygen atoms in total. The van der Waals surface area contributed by atoms with Crippen LogP contribution in [0.4, 0.5) is 0 Å². The van der Waals surface area contributed by atoms with E-state index in [1.54, 1.807) is 18.2 Å². The number of piperidine rings is 1. The minimum absolute atomic E-state index is 0.0585. The van der Waals surface area contributed by atoms with Crippen molar-refractivity contribution in [2.75, 3.05) is 26.2 Å². The molecule has 1 aromatic carbocycles. The van der Waals surface area contributed by atoms with Gasteiger partial charge in [-0.25, -0.2) is 0 Å². The Morgan fingerprint density at radius 3 is 2.52 bits per heavy atom. The van der Waals surface area contributed by atoms with Gasteiger partial charge in [-0.3, -0.25) is 14.5 Å². The van der Waals surface area contributed by atoms with Gasteiger partial charge in [0.25, 0.3) is 5.91 Å². The maximum absolute atomic E-state index is 12.1. The fourth-order valence-electron chi connectivity index (χ4n) is 3.00. The molecule has 0 saturated carbocycles. The van der Waals surface area contributed by atoms with E-state index in [4.69, 9.17) is 0 Å². The molecule has 0 radical (unpaired) electrons. The van der Waals surface area contributed by atoms with E-state index in [0.717, 1.165) is 25.9 Å². The highest BCUT2D eigenvalue weighted by Crippen LogP contribution is 2.17. The Morgan fingerprint density at radius 2 is 1.92 bits per heavy atom. The number of rotatable bonds is 5. The van der Waals surface area contributed by atoms with E-state index in [9.17, 15) is 14.7 Å². The fourth-order valence-corrected chi connectivity index (χ4v) is 3.00. The first-order chi connectivity index (χ1) is 11.7. The summed E-state index contributed by atoms with van der Waals surface area (Å²) in [6.07, 6.45) is 1.92. The van der Waals surface area contributed by atoms with Crippen molar-refractivity contribution in [3.05, 3.63) is 29.8 Å². The number of phenols is 1. The highest BCUT2D eigenvalue weighted by Gasteiger charge is 2.23. The van der Waals surface area contributed by atoms with E-state index in [2.05, 4.69) is 15.5 Å². The van der Waals surface area contributed by atoms with Gasteiger partial charge in [0.15, 0.2) is 0 Å². The smallest absolute Gasteiger partial charge is 0.251 e. The second-order valence-electron chi connectivity index (χ2n) is 7.78. The molecular formula is C19H29N3O3. The van der Waals surface area contributed by atoms with Gasteiger partial charge in [0, 0.05) is 17.6 Å². The number of hydrogen-bond donors (Lipinski definition) is 3. The van der Waals surface area contributed by atoms with Crippen LogP contribution in [0.25, 0.3) is 0 Å². The molecule has 6 heteroatoms. The van der Waals surface area contributed by atoms with Gasteiger partial charge in [-0.2, -0.15) is 0 Å². The van der Waals surface area contributed by atoms with Crippen LogP contribution in [0.2, 0.25) is 0 Å². The second kappa shape index (κ2) is 8.34. The molecule has 0 bridgehead atoms. The van der Waals surface area contributed by atoms with Crippen LogP contribution in [-0.4, -0.2) is 53.5 Å². The fraction of sp³-hybridized carbons (Fsp3) is 0.579. The maximum atomic E-state index is 12.1. The number of nitrogens with one attached hydrogen (secondary N) is 2. The van der Waals surface area contributed by atoms with Crippen molar-refractivity contribution in [3.8, 4) is 5.75 Å². The van der Waals surface area contributed by atoms with Gasteiger partial charge in [-0.15, -0.1) is 0 Å². The summed E-state index contributed by atoms with van der Waals surface area (Å²) in [5, 5.41) is 15.3. The molecule has 1 heterocycles. The Kier molecular flexibility index (Phi) is 6.42. The molecule has 0 aromatic heterocycles. The minimum Gasteiger partial charge on any atom is -0.508 e. The molecule has 1 aliphatic heterocycles. The zero-order valence-corrected chi connectivity index (χ0v) is 15.3. The number of aromatic hydroxyl groups is 1. The molecule has 1 aliphatic rings. The Bertz CT molecular complexity index is 602. The number of benzene rings is 1. The van der Waals surface area contributed by atoms with Crippen LogP contribution in [-0.2, 0) is 4.79 Å². The van der Waals surface area contributed by atoms with Crippen LogP contribution in [0.5, 0.6) is 5.75 Å². The highest BCUT2D eigenvalue weighted by atomic mass is 16.3. The number of phenolic OH excluding ortho intramolecular Hbond substituents is 1. The lowest BCUT2D eigenvalue weighted by molar-refractivity contribution is -0.124. The monoisotopic (exact) mass is 347 g/mol. The first-order valence-corrected chi connectivity index (χ1v) is 8.83.